The fourth-order valence-corrected chi connectivity index (χ4v) is 1.69. The molecule has 0 unspecified atom stereocenters. The lowest BCUT2D eigenvalue weighted by atomic mass is 10.1. The number of nitrogens with zero attached hydrogens (tertiary/aromatic N) is 1. The molecular weight excluding hydrogens is 238 g/mol. The second-order valence-electron chi connectivity index (χ2n) is 3.47. The van der Waals surface area contributed by atoms with Crippen LogP contribution in [0.1, 0.15) is 17.3 Å². The highest BCUT2D eigenvalue weighted by molar-refractivity contribution is 8.14. The van der Waals surface area contributed by atoms with Gasteiger partial charge in [-0.1, -0.05) is 11.8 Å². The molecule has 0 fully saturated rings. The van der Waals surface area contributed by atoms with Crippen molar-refractivity contribution in [2.24, 2.45) is 0 Å². The van der Waals surface area contributed by atoms with E-state index in [1.54, 1.807) is 31.3 Å². The summed E-state index contributed by atoms with van der Waals surface area (Å²) in [5.41, 5.74) is 1.26. The van der Waals surface area contributed by atoms with E-state index in [0.29, 0.717) is 12.0 Å². The van der Waals surface area contributed by atoms with E-state index >= 15 is 0 Å². The van der Waals surface area contributed by atoms with Gasteiger partial charge in [-0.2, -0.15) is 0 Å². The summed E-state index contributed by atoms with van der Waals surface area (Å²) in [5.74, 6) is 0.0589. The van der Waals surface area contributed by atoms with E-state index in [9.17, 15) is 14.4 Å². The van der Waals surface area contributed by atoms with E-state index in [0.717, 1.165) is 17.4 Å². The Labute approximate surface area is 104 Å². The molecule has 5 heteroatoms. The number of hydrogen-bond donors (Lipinski definition) is 0. The maximum atomic E-state index is 11.6. The molecule has 0 aromatic heterocycles. The molecule has 0 saturated carbocycles. The van der Waals surface area contributed by atoms with Crippen molar-refractivity contribution >= 4 is 34.8 Å². The van der Waals surface area contributed by atoms with Crippen molar-refractivity contribution in [3.63, 3.8) is 0 Å². The normalized spacial score (nSPS) is 9.76. The predicted molar refractivity (Wildman–Crippen MR) is 68.4 cm³/mol. The molecule has 4 nitrogen and oxygen atoms in total. The van der Waals surface area contributed by atoms with E-state index in [1.165, 1.54) is 11.8 Å². The lowest BCUT2D eigenvalue weighted by Gasteiger charge is -2.10. The summed E-state index contributed by atoms with van der Waals surface area (Å²) in [6, 6.07) is 6.69. The Morgan fingerprint density at radius 1 is 1.29 bits per heavy atom. The lowest BCUT2D eigenvalue weighted by molar-refractivity contribution is -0.109. The van der Waals surface area contributed by atoms with Crippen molar-refractivity contribution < 1.29 is 14.4 Å². The highest BCUT2D eigenvalue weighted by Gasteiger charge is 2.08. The second kappa shape index (κ2) is 6.20. The van der Waals surface area contributed by atoms with Gasteiger partial charge in [0.1, 0.15) is 0 Å². The number of ketones is 1. The fraction of sp³-hybridized carbons (Fsp3) is 0.250. The van der Waals surface area contributed by atoms with Crippen LogP contribution in [-0.2, 0) is 9.59 Å². The van der Waals surface area contributed by atoms with Gasteiger partial charge in [0.2, 0.25) is 6.41 Å². The topological polar surface area (TPSA) is 54.5 Å². The Morgan fingerprint density at radius 2 is 1.88 bits per heavy atom. The van der Waals surface area contributed by atoms with Gasteiger partial charge in [-0.25, -0.2) is 0 Å². The smallest absolute Gasteiger partial charge is 0.213 e. The maximum Gasteiger partial charge on any atom is 0.213 e. The van der Waals surface area contributed by atoms with Crippen LogP contribution in [0.5, 0.6) is 0 Å². The third-order valence-corrected chi connectivity index (χ3v) is 2.97. The third kappa shape index (κ3) is 4.03. The van der Waals surface area contributed by atoms with Crippen LogP contribution in [0.25, 0.3) is 0 Å². The summed E-state index contributed by atoms with van der Waals surface area (Å²) in [6.45, 7) is 1.43. The molecule has 1 aromatic rings. The predicted octanol–water partition coefficient (Wildman–Crippen LogP) is 1.74. The monoisotopic (exact) mass is 251 g/mol. The Balaban J connectivity index is 2.70. The molecule has 0 atom stereocenters. The quantitative estimate of drug-likeness (QED) is 0.591. The number of benzene rings is 1. The van der Waals surface area contributed by atoms with Gasteiger partial charge in [-0.15, -0.1) is 0 Å². The molecule has 0 saturated heterocycles. The van der Waals surface area contributed by atoms with Gasteiger partial charge in [-0.3, -0.25) is 14.4 Å². The first kappa shape index (κ1) is 13.4. The molecular formula is C12H13NO3S. The van der Waals surface area contributed by atoms with E-state index in [1.807, 2.05) is 0 Å². The number of carbonyl (C=O) groups is 3. The van der Waals surface area contributed by atoms with Crippen molar-refractivity contribution in [2.45, 2.75) is 6.92 Å². The van der Waals surface area contributed by atoms with Gasteiger partial charge in [0.25, 0.3) is 0 Å². The van der Waals surface area contributed by atoms with Crippen molar-refractivity contribution in [1.29, 1.82) is 0 Å². The zero-order valence-corrected chi connectivity index (χ0v) is 10.5. The SMILES string of the molecule is CC(=O)SCC(=O)c1ccc(N(C)C=O)cc1. The number of carbonyl (C=O) groups excluding carboxylic acids is 3. The van der Waals surface area contributed by atoms with Crippen LogP contribution in [0.3, 0.4) is 0 Å². The molecule has 0 aliphatic heterocycles. The number of thioether (sulfide) groups is 1. The highest BCUT2D eigenvalue weighted by Crippen LogP contribution is 2.14. The van der Waals surface area contributed by atoms with Gasteiger partial charge < -0.3 is 4.90 Å². The van der Waals surface area contributed by atoms with Crippen molar-refractivity contribution in [2.75, 3.05) is 17.7 Å². The first-order chi connectivity index (χ1) is 8.04. The molecule has 1 amide bonds. The molecule has 0 aliphatic carbocycles. The van der Waals surface area contributed by atoms with Crippen LogP contribution in [0, 0.1) is 0 Å². The van der Waals surface area contributed by atoms with E-state index < -0.39 is 0 Å². The summed E-state index contributed by atoms with van der Waals surface area (Å²) in [7, 11) is 1.63. The van der Waals surface area contributed by atoms with E-state index in [-0.39, 0.29) is 16.7 Å². The van der Waals surface area contributed by atoms with Crippen LogP contribution in [0.2, 0.25) is 0 Å². The third-order valence-electron chi connectivity index (χ3n) is 2.16. The molecule has 0 bridgehead atoms. The molecule has 17 heavy (non-hydrogen) atoms. The average Bonchev–Trinajstić information content (AvgIpc) is 2.35. The Kier molecular flexibility index (Phi) is 4.90. The van der Waals surface area contributed by atoms with E-state index in [2.05, 4.69) is 0 Å². The molecule has 0 heterocycles. The lowest BCUT2D eigenvalue weighted by Crippen LogP contribution is -2.13. The standard InChI is InChI=1S/C12H13NO3S/c1-9(15)17-7-12(16)10-3-5-11(6-4-10)13(2)8-14/h3-6,8H,7H2,1-2H3. The van der Waals surface area contributed by atoms with Crippen LogP contribution in [0.15, 0.2) is 24.3 Å². The number of rotatable bonds is 5. The zero-order chi connectivity index (χ0) is 12.8. The van der Waals surface area contributed by atoms with Crippen molar-refractivity contribution in [3.8, 4) is 0 Å². The number of anilines is 1. The van der Waals surface area contributed by atoms with Gasteiger partial charge >= 0.3 is 0 Å². The van der Waals surface area contributed by atoms with Crippen LogP contribution >= 0.6 is 11.8 Å². The first-order valence-corrected chi connectivity index (χ1v) is 5.98. The van der Waals surface area contributed by atoms with Crippen LogP contribution < -0.4 is 4.90 Å². The minimum atomic E-state index is -0.0921. The summed E-state index contributed by atoms with van der Waals surface area (Å²) in [6.07, 6.45) is 0.697. The summed E-state index contributed by atoms with van der Waals surface area (Å²) in [4.78, 5) is 34.3. The number of hydrogen-bond acceptors (Lipinski definition) is 4. The van der Waals surface area contributed by atoms with Gasteiger partial charge in [0.05, 0.1) is 5.75 Å². The van der Waals surface area contributed by atoms with Crippen molar-refractivity contribution in [3.05, 3.63) is 29.8 Å². The fourth-order valence-electron chi connectivity index (χ4n) is 1.19. The second-order valence-corrected chi connectivity index (χ2v) is 4.62. The largest absolute Gasteiger partial charge is 0.318 e. The van der Waals surface area contributed by atoms with Gasteiger partial charge in [-0.05, 0) is 24.3 Å². The van der Waals surface area contributed by atoms with Crippen molar-refractivity contribution in [1.82, 2.24) is 0 Å². The van der Waals surface area contributed by atoms with Crippen LogP contribution in [-0.4, -0.2) is 30.1 Å². The Morgan fingerprint density at radius 3 is 2.35 bits per heavy atom. The van der Waals surface area contributed by atoms with Crippen LogP contribution in [0.4, 0.5) is 5.69 Å². The molecule has 0 aliphatic rings. The Hall–Kier alpha value is -1.62. The minimum Gasteiger partial charge on any atom is -0.318 e. The highest BCUT2D eigenvalue weighted by atomic mass is 32.2. The number of amides is 1. The first-order valence-electron chi connectivity index (χ1n) is 4.99. The molecule has 1 rings (SSSR count). The Bertz CT molecular complexity index is 428. The molecule has 0 spiro atoms. The molecule has 90 valence electrons. The van der Waals surface area contributed by atoms with Gasteiger partial charge in [0.15, 0.2) is 10.9 Å². The molecule has 0 radical (unpaired) electrons. The molecule has 0 N–H and O–H groups in total. The summed E-state index contributed by atoms with van der Waals surface area (Å²) in [5, 5.41) is -0.0735. The summed E-state index contributed by atoms with van der Waals surface area (Å²) < 4.78 is 0. The van der Waals surface area contributed by atoms with Gasteiger partial charge in [0, 0.05) is 25.2 Å². The maximum absolute atomic E-state index is 11.6. The average molecular weight is 251 g/mol. The number of Topliss-reactive ketones (excluding diaryl/α,β-unsaturated/α-hetero) is 1. The van der Waals surface area contributed by atoms with E-state index in [4.69, 9.17) is 0 Å². The zero-order valence-electron chi connectivity index (χ0n) is 9.67. The summed E-state index contributed by atoms with van der Waals surface area (Å²) >= 11 is 0.994. The molecule has 1 aromatic carbocycles. The minimum absolute atomic E-state index is 0.0735.